The summed E-state index contributed by atoms with van der Waals surface area (Å²) in [5, 5.41) is 10.9. The topological polar surface area (TPSA) is 74.1 Å². The quantitative estimate of drug-likeness (QED) is 0.410. The molecule has 3 aromatic rings. The Labute approximate surface area is 180 Å². The number of nitriles is 1. The Hall–Kier alpha value is -2.79. The number of carbonyl (C=O) groups is 2. The number of hydrogen-bond acceptors (Lipinski definition) is 6. The zero-order valence-corrected chi connectivity index (χ0v) is 17.9. The van der Waals surface area contributed by atoms with Crippen molar-refractivity contribution in [3.63, 3.8) is 0 Å². The van der Waals surface area contributed by atoms with Gasteiger partial charge >= 0.3 is 0 Å². The normalized spacial score (nSPS) is 16.2. The third-order valence-electron chi connectivity index (χ3n) is 4.63. The lowest BCUT2D eigenvalue weighted by Gasteiger charge is -2.26. The molecule has 0 aliphatic carbocycles. The van der Waals surface area contributed by atoms with Gasteiger partial charge in [0, 0.05) is 27.6 Å². The van der Waals surface area contributed by atoms with Crippen molar-refractivity contribution in [1.82, 2.24) is 9.88 Å². The van der Waals surface area contributed by atoms with E-state index in [4.69, 9.17) is 11.6 Å². The van der Waals surface area contributed by atoms with E-state index in [-0.39, 0.29) is 18.0 Å². The smallest absolute Gasteiger partial charge is 0.271 e. The van der Waals surface area contributed by atoms with Crippen LogP contribution < -0.4 is 0 Å². The summed E-state index contributed by atoms with van der Waals surface area (Å²) in [4.78, 5) is 32.5. The van der Waals surface area contributed by atoms with Crippen LogP contribution in [0, 0.1) is 11.3 Å². The zero-order valence-electron chi connectivity index (χ0n) is 15.5. The van der Waals surface area contributed by atoms with E-state index in [0.717, 1.165) is 29.9 Å². The molecule has 0 saturated heterocycles. The Bertz CT molecular complexity index is 1230. The predicted molar refractivity (Wildman–Crippen MR) is 117 cm³/mol. The van der Waals surface area contributed by atoms with Gasteiger partial charge in [-0.1, -0.05) is 23.7 Å². The van der Waals surface area contributed by atoms with Gasteiger partial charge in [-0.15, -0.1) is 22.7 Å². The van der Waals surface area contributed by atoms with Crippen LogP contribution in [0.4, 0.5) is 0 Å². The molecule has 29 heavy (non-hydrogen) atoms. The van der Waals surface area contributed by atoms with Crippen molar-refractivity contribution in [1.29, 1.82) is 5.26 Å². The van der Waals surface area contributed by atoms with Gasteiger partial charge in [0.1, 0.15) is 21.5 Å². The van der Waals surface area contributed by atoms with Gasteiger partial charge in [-0.25, -0.2) is 4.98 Å². The molecular formula is C21H14ClN3O2S2. The van der Waals surface area contributed by atoms with Crippen molar-refractivity contribution in [2.75, 3.05) is 6.54 Å². The van der Waals surface area contributed by atoms with Crippen LogP contribution in [0.2, 0.25) is 5.02 Å². The summed E-state index contributed by atoms with van der Waals surface area (Å²) in [7, 11) is 0. The van der Waals surface area contributed by atoms with Crippen molar-refractivity contribution in [3.05, 3.63) is 57.0 Å². The van der Waals surface area contributed by atoms with E-state index in [9.17, 15) is 14.9 Å². The summed E-state index contributed by atoms with van der Waals surface area (Å²) in [6.45, 7) is 3.57. The second kappa shape index (κ2) is 7.56. The van der Waals surface area contributed by atoms with E-state index in [1.54, 1.807) is 31.3 Å². The van der Waals surface area contributed by atoms with Crippen LogP contribution in [0.3, 0.4) is 0 Å². The van der Waals surface area contributed by atoms with E-state index >= 15 is 0 Å². The van der Waals surface area contributed by atoms with E-state index in [1.165, 1.54) is 11.3 Å². The van der Waals surface area contributed by atoms with E-state index in [1.807, 2.05) is 36.4 Å². The van der Waals surface area contributed by atoms with Crippen molar-refractivity contribution < 1.29 is 9.59 Å². The van der Waals surface area contributed by atoms with Crippen molar-refractivity contribution in [3.8, 4) is 16.6 Å². The Morgan fingerprint density at radius 3 is 2.55 bits per heavy atom. The molecule has 0 N–H and O–H groups in total. The van der Waals surface area contributed by atoms with Gasteiger partial charge in [-0.05, 0) is 43.7 Å². The molecule has 2 aromatic heterocycles. The summed E-state index contributed by atoms with van der Waals surface area (Å²) in [5.41, 5.74) is 1.80. The van der Waals surface area contributed by atoms with Crippen LogP contribution in [-0.4, -0.2) is 28.2 Å². The summed E-state index contributed by atoms with van der Waals surface area (Å²) < 4.78 is 1.01. The van der Waals surface area contributed by atoms with Crippen LogP contribution in [0.25, 0.3) is 26.2 Å². The maximum absolute atomic E-state index is 12.7. The maximum atomic E-state index is 12.7. The Balaban J connectivity index is 1.74. The van der Waals surface area contributed by atoms with Gasteiger partial charge in [0.25, 0.3) is 11.8 Å². The number of halogens is 1. The molecule has 0 unspecified atom stereocenters. The number of nitrogens with zero attached hydrogens (tertiary/aromatic N) is 3. The molecule has 1 aromatic carbocycles. The Morgan fingerprint density at radius 2 is 1.93 bits per heavy atom. The predicted octanol–water partition coefficient (Wildman–Crippen LogP) is 5.29. The molecule has 0 saturated carbocycles. The van der Waals surface area contributed by atoms with Crippen molar-refractivity contribution in [2.24, 2.45) is 0 Å². The lowest BCUT2D eigenvalue weighted by Crippen LogP contribution is -2.42. The fraction of sp³-hybridized carbons (Fsp3) is 0.143. The van der Waals surface area contributed by atoms with Crippen molar-refractivity contribution >= 4 is 61.7 Å². The first kappa shape index (κ1) is 19.5. The molecule has 2 amide bonds. The number of benzene rings is 1. The molecule has 0 atom stereocenters. The van der Waals surface area contributed by atoms with E-state index < -0.39 is 5.91 Å². The number of likely N-dealkylation sites (N-methyl/N-ethyl adjacent to an activating group) is 1. The minimum atomic E-state index is -0.531. The fourth-order valence-corrected chi connectivity index (χ4v) is 5.40. The third-order valence-corrected chi connectivity index (χ3v) is 7.04. The monoisotopic (exact) mass is 439 g/mol. The average Bonchev–Trinajstić information content (AvgIpc) is 3.25. The number of aromatic nitrogens is 1. The second-order valence-corrected chi connectivity index (χ2v) is 8.90. The van der Waals surface area contributed by atoms with Crippen molar-refractivity contribution in [2.45, 2.75) is 13.8 Å². The summed E-state index contributed by atoms with van der Waals surface area (Å²) >= 11 is 8.98. The lowest BCUT2D eigenvalue weighted by molar-refractivity contribution is -0.140. The van der Waals surface area contributed by atoms with Gasteiger partial charge in [-0.3, -0.25) is 14.5 Å². The first-order valence-electron chi connectivity index (χ1n) is 8.78. The molecule has 1 aliphatic heterocycles. The molecule has 1 aliphatic rings. The van der Waals surface area contributed by atoms with Gasteiger partial charge < -0.3 is 0 Å². The first-order valence-corrected chi connectivity index (χ1v) is 10.8. The molecule has 8 heteroatoms. The number of amides is 2. The number of hydrogen-bond donors (Lipinski definition) is 0. The number of thiophene rings is 1. The highest BCUT2D eigenvalue weighted by atomic mass is 35.5. The molecular weight excluding hydrogens is 426 g/mol. The fourth-order valence-electron chi connectivity index (χ4n) is 3.10. The van der Waals surface area contributed by atoms with Crippen LogP contribution in [0.15, 0.2) is 47.1 Å². The second-order valence-electron chi connectivity index (χ2n) is 6.37. The minimum absolute atomic E-state index is 0.0132. The van der Waals surface area contributed by atoms with Crippen LogP contribution in [-0.2, 0) is 9.59 Å². The summed E-state index contributed by atoms with van der Waals surface area (Å²) in [5.74, 6) is -0.906. The molecule has 0 radical (unpaired) electrons. The Kier molecular flexibility index (Phi) is 5.09. The number of imide groups is 1. The SMILES string of the molecule is CCN1C(=O)C(C#N)=C(C)/C(=C/c2cc3sc(-c4ccc(Cl)cc4)nc3s2)C1=O. The third kappa shape index (κ3) is 3.40. The van der Waals surface area contributed by atoms with Crippen LogP contribution in [0.5, 0.6) is 0 Å². The molecule has 5 nitrogen and oxygen atoms in total. The van der Waals surface area contributed by atoms with Gasteiger partial charge in [0.05, 0.1) is 4.70 Å². The van der Waals surface area contributed by atoms with Gasteiger partial charge in [0.2, 0.25) is 0 Å². The first-order chi connectivity index (χ1) is 13.9. The highest BCUT2D eigenvalue weighted by Gasteiger charge is 2.34. The van der Waals surface area contributed by atoms with E-state index in [2.05, 4.69) is 4.98 Å². The zero-order chi connectivity index (χ0) is 20.7. The highest BCUT2D eigenvalue weighted by Crippen LogP contribution is 2.37. The van der Waals surface area contributed by atoms with Crippen LogP contribution in [0.1, 0.15) is 18.7 Å². The summed E-state index contributed by atoms with van der Waals surface area (Å²) in [6, 6.07) is 11.4. The largest absolute Gasteiger partial charge is 0.274 e. The van der Waals surface area contributed by atoms with Crippen LogP contribution >= 0.6 is 34.3 Å². The number of thiazole rings is 1. The van der Waals surface area contributed by atoms with Gasteiger partial charge in [0.15, 0.2) is 0 Å². The molecule has 0 spiro atoms. The van der Waals surface area contributed by atoms with Gasteiger partial charge in [-0.2, -0.15) is 5.26 Å². The number of rotatable bonds is 3. The minimum Gasteiger partial charge on any atom is -0.274 e. The molecule has 144 valence electrons. The molecule has 0 fully saturated rings. The molecule has 0 bridgehead atoms. The summed E-state index contributed by atoms with van der Waals surface area (Å²) in [6.07, 6.45) is 1.74. The Morgan fingerprint density at radius 1 is 1.21 bits per heavy atom. The standard InChI is InChI=1S/C21H14ClN3O2S2/c1-3-25-20(26)15(11(2)16(10-23)21(25)27)8-14-9-17-19(28-14)24-18(29-17)12-4-6-13(22)7-5-12/h4-9H,3H2,1-2H3/b15-8-. The number of fused-ring (bicyclic) bond motifs is 1. The van der Waals surface area contributed by atoms with E-state index in [0.29, 0.717) is 16.2 Å². The molecule has 4 rings (SSSR count). The highest BCUT2D eigenvalue weighted by molar-refractivity contribution is 7.29. The molecule has 3 heterocycles. The lowest BCUT2D eigenvalue weighted by atomic mass is 9.95. The number of carbonyl (C=O) groups excluding carboxylic acids is 2. The average molecular weight is 440 g/mol. The maximum Gasteiger partial charge on any atom is 0.271 e.